The van der Waals surface area contributed by atoms with Gasteiger partial charge in [-0.3, -0.25) is 0 Å². The minimum atomic E-state index is 1.09. The Hall–Kier alpha value is -12.1. The van der Waals surface area contributed by atoms with Gasteiger partial charge < -0.3 is 27.4 Å². The van der Waals surface area contributed by atoms with E-state index in [1.807, 2.05) is 0 Å². The summed E-state index contributed by atoms with van der Waals surface area (Å²) < 4.78 is 15.1. The van der Waals surface area contributed by atoms with E-state index in [9.17, 15) is 0 Å². The Morgan fingerprint density at radius 3 is 0.567 bits per heavy atom. The molecule has 6 nitrogen and oxygen atoms in total. The number of para-hydroxylation sites is 10. The van der Waals surface area contributed by atoms with Crippen molar-refractivity contribution in [2.24, 2.45) is 0 Å². The number of rotatable bonds is 7. The molecule has 6 heterocycles. The van der Waals surface area contributed by atoms with Crippen molar-refractivity contribution in [3.63, 3.8) is 0 Å². The molecule has 0 aliphatic carbocycles. The van der Waals surface area contributed by atoms with Crippen molar-refractivity contribution in [1.82, 2.24) is 27.4 Å². The van der Waals surface area contributed by atoms with E-state index in [1.54, 1.807) is 0 Å². The Morgan fingerprint density at radius 1 is 0.133 bits per heavy atom. The summed E-state index contributed by atoms with van der Waals surface area (Å²) in [6, 6.07) is 116. The summed E-state index contributed by atoms with van der Waals surface area (Å²) in [4.78, 5) is 0. The van der Waals surface area contributed by atoms with Gasteiger partial charge in [-0.1, -0.05) is 206 Å². The van der Waals surface area contributed by atoms with E-state index in [4.69, 9.17) is 0 Å². The van der Waals surface area contributed by atoms with E-state index in [-0.39, 0.29) is 0 Å². The molecule has 0 unspecified atom stereocenters. The first-order chi connectivity index (χ1) is 44.8. The van der Waals surface area contributed by atoms with Crippen LogP contribution in [0, 0.1) is 0 Å². The summed E-state index contributed by atoms with van der Waals surface area (Å²) in [5, 5.41) is 14.8. The summed E-state index contributed by atoms with van der Waals surface area (Å²) in [5.41, 5.74) is 23.1. The highest BCUT2D eigenvalue weighted by molar-refractivity contribution is 6.42. The van der Waals surface area contributed by atoms with Gasteiger partial charge in [0.15, 0.2) is 0 Å². The van der Waals surface area contributed by atoms with Gasteiger partial charge >= 0.3 is 0 Å². The first-order valence-corrected chi connectivity index (χ1v) is 31.0. The Bertz CT molecular complexity index is 5940. The van der Waals surface area contributed by atoms with Gasteiger partial charge in [-0.2, -0.15) is 0 Å². The summed E-state index contributed by atoms with van der Waals surface area (Å²) >= 11 is 0. The average molecular weight is 1150 g/mol. The van der Waals surface area contributed by atoms with Crippen molar-refractivity contribution in [3.8, 4) is 45.3 Å². The van der Waals surface area contributed by atoms with Gasteiger partial charge in [-0.15, -0.1) is 0 Å². The van der Waals surface area contributed by atoms with Crippen LogP contribution in [0.25, 0.3) is 176 Å². The molecule has 0 atom stereocenters. The van der Waals surface area contributed by atoms with Crippen LogP contribution < -0.4 is 0 Å². The molecule has 0 N–H and O–H groups in total. The van der Waals surface area contributed by atoms with Crippen molar-refractivity contribution in [2.45, 2.75) is 0 Å². The molecule has 0 saturated heterocycles. The molecule has 0 spiro atoms. The molecule has 0 fully saturated rings. The molecule has 0 amide bonds. The SMILES string of the molecule is c1ccc(-n2c3ccccc3c3c4c5ccccc5n(-c5ccccc5)c4c4c(c5ccccc5n4-c4ccc(-c5ccc(-n6c7ccccc7c7c8c(c9ccccc9n8-c8ccccc8)c8c9ccccc9n(-c9ccccc9)c8c76)cc5)cc4)c32)cc1. The van der Waals surface area contributed by atoms with Crippen molar-refractivity contribution in [3.05, 3.63) is 315 Å². The lowest BCUT2D eigenvalue weighted by molar-refractivity contribution is 1.15. The number of hydrogen-bond acceptors (Lipinski definition) is 0. The summed E-state index contributed by atoms with van der Waals surface area (Å²) in [6.07, 6.45) is 0. The lowest BCUT2D eigenvalue weighted by atomic mass is 10.0. The van der Waals surface area contributed by atoms with Crippen LogP contribution in [-0.4, -0.2) is 27.4 Å². The minimum Gasteiger partial charge on any atom is -0.309 e. The zero-order chi connectivity index (χ0) is 58.7. The van der Waals surface area contributed by atoms with Crippen molar-refractivity contribution in [1.29, 1.82) is 0 Å². The first-order valence-electron chi connectivity index (χ1n) is 31.0. The van der Waals surface area contributed by atoms with Crippen molar-refractivity contribution >= 4 is 131 Å². The van der Waals surface area contributed by atoms with Gasteiger partial charge in [0, 0.05) is 98.8 Å². The van der Waals surface area contributed by atoms with Crippen LogP contribution in [0.3, 0.4) is 0 Å². The van der Waals surface area contributed by atoms with E-state index in [1.165, 1.54) is 120 Å². The van der Waals surface area contributed by atoms with E-state index in [0.717, 1.165) is 56.3 Å². The van der Waals surface area contributed by atoms with Crippen molar-refractivity contribution < 1.29 is 0 Å². The predicted octanol–water partition coefficient (Wildman–Crippen LogP) is 21.9. The molecule has 6 heteroatoms. The van der Waals surface area contributed by atoms with E-state index in [0.29, 0.717) is 0 Å². The maximum absolute atomic E-state index is 2.54. The average Bonchev–Trinajstić information content (AvgIpc) is 1.52. The summed E-state index contributed by atoms with van der Waals surface area (Å²) in [7, 11) is 0. The van der Waals surface area contributed by atoms with E-state index < -0.39 is 0 Å². The van der Waals surface area contributed by atoms with Gasteiger partial charge in [-0.05, 0) is 120 Å². The van der Waals surface area contributed by atoms with E-state index in [2.05, 4.69) is 343 Å². The highest BCUT2D eigenvalue weighted by Crippen LogP contribution is 2.53. The highest BCUT2D eigenvalue weighted by Gasteiger charge is 2.31. The van der Waals surface area contributed by atoms with Crippen LogP contribution in [0.5, 0.6) is 0 Å². The molecule has 20 aromatic rings. The second-order valence-corrected chi connectivity index (χ2v) is 23.9. The maximum atomic E-state index is 2.54. The monoisotopic (exact) mass is 1140 g/mol. The molecule has 90 heavy (non-hydrogen) atoms. The Kier molecular flexibility index (Phi) is 10.2. The fraction of sp³-hybridized carbons (Fsp3) is 0. The van der Waals surface area contributed by atoms with Crippen LogP contribution in [-0.2, 0) is 0 Å². The maximum Gasteiger partial charge on any atom is 0.0810 e. The van der Waals surface area contributed by atoms with Gasteiger partial charge in [0.25, 0.3) is 0 Å². The third-order valence-corrected chi connectivity index (χ3v) is 19.3. The fourth-order valence-corrected chi connectivity index (χ4v) is 15.8. The Balaban J connectivity index is 0.831. The van der Waals surface area contributed by atoms with Crippen LogP contribution in [0.2, 0.25) is 0 Å². The molecule has 0 aliphatic rings. The van der Waals surface area contributed by atoms with Crippen LogP contribution in [0.1, 0.15) is 0 Å². The zero-order valence-electron chi connectivity index (χ0n) is 48.7. The number of benzene rings is 14. The smallest absolute Gasteiger partial charge is 0.0810 e. The number of nitrogens with zero attached hydrogens (tertiary/aromatic N) is 6. The van der Waals surface area contributed by atoms with Gasteiger partial charge in [-0.25, -0.2) is 0 Å². The molecule has 0 aliphatic heterocycles. The minimum absolute atomic E-state index is 1.09. The molecule has 0 saturated carbocycles. The number of fused-ring (bicyclic) bond motifs is 24. The second-order valence-electron chi connectivity index (χ2n) is 23.9. The molecule has 0 radical (unpaired) electrons. The summed E-state index contributed by atoms with van der Waals surface area (Å²) in [5.74, 6) is 0. The van der Waals surface area contributed by atoms with Crippen molar-refractivity contribution in [2.75, 3.05) is 0 Å². The summed E-state index contributed by atoms with van der Waals surface area (Å²) in [6.45, 7) is 0. The second kappa shape index (κ2) is 18.7. The number of hydrogen-bond donors (Lipinski definition) is 0. The van der Waals surface area contributed by atoms with Gasteiger partial charge in [0.2, 0.25) is 0 Å². The Labute approximate surface area is 516 Å². The zero-order valence-corrected chi connectivity index (χ0v) is 48.7. The quantitative estimate of drug-likeness (QED) is 0.152. The molecule has 14 aromatic carbocycles. The molecular weight excluding hydrogens is 1090 g/mol. The predicted molar refractivity (Wildman–Crippen MR) is 378 cm³/mol. The number of aromatic nitrogens is 6. The Morgan fingerprint density at radius 2 is 0.311 bits per heavy atom. The normalized spacial score (nSPS) is 12.2. The van der Waals surface area contributed by atoms with E-state index >= 15 is 0 Å². The molecule has 418 valence electrons. The lowest BCUT2D eigenvalue weighted by Gasteiger charge is -2.15. The fourth-order valence-electron chi connectivity index (χ4n) is 15.8. The molecule has 0 bridgehead atoms. The highest BCUT2D eigenvalue weighted by atomic mass is 15.1. The standard InChI is InChI=1S/C84H52N6/c1-5-25-55(26-6-1)85-67-39-19-13-33-61(67)73-75-63-35-15-21-41-69(63)87(57-29-9-3-10-30-57)81(75)83-77(79(73)85)65-37-17-23-43-71(65)89(83)59-49-45-53(46-50-59)54-47-51-60(52-48-54)90-72-44-24-18-38-66(72)78-80-74(62-34-14-20-40-68(62)86(80)56-27-7-2-8-28-56)76-64-36-16-22-42-70(64)88(82(76)84(78)90)58-31-11-4-12-32-58/h1-52H. The molecule has 6 aromatic heterocycles. The van der Waals surface area contributed by atoms with Crippen LogP contribution in [0.4, 0.5) is 0 Å². The third kappa shape index (κ3) is 6.60. The van der Waals surface area contributed by atoms with Gasteiger partial charge in [0.05, 0.1) is 66.2 Å². The largest absolute Gasteiger partial charge is 0.309 e. The van der Waals surface area contributed by atoms with Gasteiger partial charge in [0.1, 0.15) is 0 Å². The van der Waals surface area contributed by atoms with Crippen LogP contribution >= 0.6 is 0 Å². The third-order valence-electron chi connectivity index (χ3n) is 19.3. The molecular formula is C84H52N6. The topological polar surface area (TPSA) is 29.6 Å². The molecule has 20 rings (SSSR count). The van der Waals surface area contributed by atoms with Crippen LogP contribution in [0.15, 0.2) is 315 Å². The first kappa shape index (κ1) is 49.0. The lowest BCUT2D eigenvalue weighted by Crippen LogP contribution is -2.00.